The van der Waals surface area contributed by atoms with Gasteiger partial charge in [0.05, 0.1) is 17.9 Å². The number of benzene rings is 1. The Labute approximate surface area is 142 Å². The second-order valence-corrected chi connectivity index (χ2v) is 4.36. The molecule has 1 aromatic rings. The van der Waals surface area contributed by atoms with E-state index in [0.717, 1.165) is 0 Å². The largest absolute Gasteiger partial charge is 0.545 e. The SMILES string of the molecule is C=C(C)C(=O)[O-].C=C(C)C(=O)[O-].C=C(C)C(=O)[O-].c1ccccc1. The molecule has 0 heterocycles. The van der Waals surface area contributed by atoms with Gasteiger partial charge in [0.25, 0.3) is 0 Å². The van der Waals surface area contributed by atoms with E-state index in [1.54, 1.807) is 0 Å². The predicted octanol–water partition coefficient (Wildman–Crippen LogP) is -0.376. The predicted molar refractivity (Wildman–Crippen MR) is 85.9 cm³/mol. The molecule has 0 atom stereocenters. The van der Waals surface area contributed by atoms with E-state index < -0.39 is 17.9 Å². The highest BCUT2D eigenvalue weighted by atomic mass is 16.4. The topological polar surface area (TPSA) is 120 Å². The summed E-state index contributed by atoms with van der Waals surface area (Å²) in [6, 6.07) is 12.0. The molecule has 0 unspecified atom stereocenters. The number of carbonyl (C=O) groups excluding carboxylic acids is 3. The maximum atomic E-state index is 9.49. The summed E-state index contributed by atoms with van der Waals surface area (Å²) in [5.41, 5.74) is 0.194. The second kappa shape index (κ2) is 16.2. The van der Waals surface area contributed by atoms with Crippen molar-refractivity contribution < 1.29 is 29.7 Å². The van der Waals surface area contributed by atoms with E-state index in [1.807, 2.05) is 36.4 Å². The maximum absolute atomic E-state index is 9.49. The molecule has 0 N–H and O–H groups in total. The first-order valence-electron chi connectivity index (χ1n) is 6.54. The summed E-state index contributed by atoms with van der Waals surface area (Å²) in [4.78, 5) is 28.5. The zero-order valence-electron chi connectivity index (χ0n) is 14.0. The Morgan fingerprint density at radius 2 is 0.625 bits per heavy atom. The van der Waals surface area contributed by atoms with E-state index in [0.29, 0.717) is 0 Å². The van der Waals surface area contributed by atoms with Gasteiger partial charge in [-0.05, 0) is 37.5 Å². The first-order valence-corrected chi connectivity index (χ1v) is 6.54. The van der Waals surface area contributed by atoms with Crippen molar-refractivity contribution >= 4 is 17.9 Å². The van der Waals surface area contributed by atoms with Crippen molar-refractivity contribution in [1.82, 2.24) is 0 Å². The molecule has 0 aliphatic rings. The van der Waals surface area contributed by atoms with Gasteiger partial charge in [0, 0.05) is 0 Å². The molecular formula is C18H21O6-3. The highest BCUT2D eigenvalue weighted by Crippen LogP contribution is 1.80. The van der Waals surface area contributed by atoms with Gasteiger partial charge in [-0.3, -0.25) is 0 Å². The van der Waals surface area contributed by atoms with Crippen molar-refractivity contribution in [3.05, 3.63) is 72.9 Å². The Balaban J connectivity index is -0.000000245. The fourth-order valence-corrected chi connectivity index (χ4v) is 0.385. The molecule has 24 heavy (non-hydrogen) atoms. The molecule has 0 fully saturated rings. The number of hydrogen-bond donors (Lipinski definition) is 0. The van der Waals surface area contributed by atoms with E-state index in [4.69, 9.17) is 0 Å². The molecular weight excluding hydrogens is 312 g/mol. The van der Waals surface area contributed by atoms with E-state index >= 15 is 0 Å². The molecule has 0 bridgehead atoms. The van der Waals surface area contributed by atoms with E-state index in [1.165, 1.54) is 20.8 Å². The zero-order chi connectivity index (χ0) is 19.7. The van der Waals surface area contributed by atoms with Crippen LogP contribution in [0.1, 0.15) is 20.8 Å². The van der Waals surface area contributed by atoms with Crippen molar-refractivity contribution in [3.8, 4) is 0 Å². The Morgan fingerprint density at radius 3 is 0.667 bits per heavy atom. The summed E-state index contributed by atoms with van der Waals surface area (Å²) in [6.45, 7) is 13.4. The van der Waals surface area contributed by atoms with Crippen LogP contribution in [0.15, 0.2) is 72.9 Å². The second-order valence-electron chi connectivity index (χ2n) is 4.36. The van der Waals surface area contributed by atoms with Crippen LogP contribution < -0.4 is 15.3 Å². The molecule has 1 rings (SSSR count). The third-order valence-electron chi connectivity index (χ3n) is 1.71. The number of hydrogen-bond acceptors (Lipinski definition) is 6. The molecule has 0 amide bonds. The van der Waals surface area contributed by atoms with Crippen molar-refractivity contribution in [2.24, 2.45) is 0 Å². The minimum atomic E-state index is -1.19. The van der Waals surface area contributed by atoms with Crippen molar-refractivity contribution in [2.75, 3.05) is 0 Å². The number of carboxylic acid groups (broad SMARTS) is 3. The average molecular weight is 333 g/mol. The quantitative estimate of drug-likeness (QED) is 0.696. The molecule has 6 heteroatoms. The van der Waals surface area contributed by atoms with Gasteiger partial charge in [0.15, 0.2) is 0 Å². The summed E-state index contributed by atoms with van der Waals surface area (Å²) in [5.74, 6) is -3.56. The summed E-state index contributed by atoms with van der Waals surface area (Å²) >= 11 is 0. The van der Waals surface area contributed by atoms with Gasteiger partial charge in [-0.15, -0.1) is 0 Å². The van der Waals surface area contributed by atoms with E-state index in [-0.39, 0.29) is 16.7 Å². The normalized spacial score (nSPS) is 7.62. The molecule has 6 nitrogen and oxygen atoms in total. The summed E-state index contributed by atoms with van der Waals surface area (Å²) in [5, 5.41) is 28.5. The highest BCUT2D eigenvalue weighted by molar-refractivity contribution is 5.83. The van der Waals surface area contributed by atoms with Gasteiger partial charge in [-0.1, -0.05) is 56.1 Å². The van der Waals surface area contributed by atoms with Crippen LogP contribution in [0.2, 0.25) is 0 Å². The molecule has 0 aliphatic carbocycles. The van der Waals surface area contributed by atoms with Crippen LogP contribution in [-0.4, -0.2) is 17.9 Å². The van der Waals surface area contributed by atoms with Gasteiger partial charge in [-0.25, -0.2) is 0 Å². The molecule has 0 radical (unpaired) electrons. The lowest BCUT2D eigenvalue weighted by Crippen LogP contribution is -2.22. The molecule has 1 aromatic carbocycles. The minimum absolute atomic E-state index is 0.0648. The first-order chi connectivity index (χ1) is 10.9. The van der Waals surface area contributed by atoms with Crippen molar-refractivity contribution in [3.63, 3.8) is 0 Å². The number of carboxylic acids is 3. The number of carbonyl (C=O) groups is 3. The summed E-state index contributed by atoms with van der Waals surface area (Å²) in [6.07, 6.45) is 0. The smallest absolute Gasteiger partial charge is 0.0666 e. The van der Waals surface area contributed by atoms with Gasteiger partial charge >= 0.3 is 0 Å². The zero-order valence-corrected chi connectivity index (χ0v) is 14.0. The highest BCUT2D eigenvalue weighted by Gasteiger charge is 1.77. The average Bonchev–Trinajstić information content (AvgIpc) is 2.50. The third-order valence-corrected chi connectivity index (χ3v) is 1.71. The molecule has 132 valence electrons. The Bertz CT molecular complexity index is 438. The van der Waals surface area contributed by atoms with Gasteiger partial charge in [-0.2, -0.15) is 0 Å². The lowest BCUT2D eigenvalue weighted by molar-refractivity contribution is -0.300. The number of rotatable bonds is 3. The van der Waals surface area contributed by atoms with Crippen LogP contribution in [0.4, 0.5) is 0 Å². The van der Waals surface area contributed by atoms with Gasteiger partial charge in [0.1, 0.15) is 0 Å². The maximum Gasteiger partial charge on any atom is 0.0666 e. The van der Waals surface area contributed by atoms with Crippen LogP contribution in [0.3, 0.4) is 0 Å². The van der Waals surface area contributed by atoms with E-state index in [9.17, 15) is 29.7 Å². The summed E-state index contributed by atoms with van der Waals surface area (Å²) in [7, 11) is 0. The monoisotopic (exact) mass is 333 g/mol. The fourth-order valence-electron chi connectivity index (χ4n) is 0.385. The number of aliphatic carboxylic acids is 3. The molecule has 0 saturated heterocycles. The van der Waals surface area contributed by atoms with E-state index in [2.05, 4.69) is 19.7 Å². The summed E-state index contributed by atoms with van der Waals surface area (Å²) < 4.78 is 0. The van der Waals surface area contributed by atoms with Crippen LogP contribution in [0.25, 0.3) is 0 Å². The Hall–Kier alpha value is -3.15. The molecule has 0 saturated carbocycles. The third kappa shape index (κ3) is 27.2. The first kappa shape index (κ1) is 25.8. The van der Waals surface area contributed by atoms with Crippen LogP contribution >= 0.6 is 0 Å². The molecule has 0 aliphatic heterocycles. The van der Waals surface area contributed by atoms with Crippen molar-refractivity contribution in [1.29, 1.82) is 0 Å². The van der Waals surface area contributed by atoms with Crippen LogP contribution in [-0.2, 0) is 14.4 Å². The van der Waals surface area contributed by atoms with Crippen LogP contribution in [0, 0.1) is 0 Å². The lowest BCUT2D eigenvalue weighted by atomic mass is 10.4. The van der Waals surface area contributed by atoms with Crippen molar-refractivity contribution in [2.45, 2.75) is 20.8 Å². The Morgan fingerprint density at radius 1 is 0.542 bits per heavy atom. The van der Waals surface area contributed by atoms with Gasteiger partial charge in [0.2, 0.25) is 0 Å². The Kier molecular flexibility index (Phi) is 17.4. The fraction of sp³-hybridized carbons (Fsp3) is 0.167. The minimum Gasteiger partial charge on any atom is -0.545 e. The lowest BCUT2D eigenvalue weighted by Gasteiger charge is -1.93. The van der Waals surface area contributed by atoms with Crippen LogP contribution in [0.5, 0.6) is 0 Å². The standard InChI is InChI=1S/C6H6.3C4H6O2/c1-2-4-6-5-3-1;3*1-3(2)4(5)6/h1-6H;3*1H2,2H3,(H,5,6)/p-3. The molecule has 0 spiro atoms. The molecule has 0 aromatic heterocycles. The van der Waals surface area contributed by atoms with Gasteiger partial charge < -0.3 is 29.7 Å².